The van der Waals surface area contributed by atoms with Crippen LogP contribution in [0.1, 0.15) is 26.2 Å². The number of rotatable bonds is 7. The van der Waals surface area contributed by atoms with Crippen molar-refractivity contribution in [3.8, 4) is 0 Å². The van der Waals surface area contributed by atoms with Gasteiger partial charge in [-0.3, -0.25) is 4.79 Å². The minimum absolute atomic E-state index is 0.00753. The van der Waals surface area contributed by atoms with Crippen LogP contribution in [0.5, 0.6) is 0 Å². The van der Waals surface area contributed by atoms with Crippen LogP contribution in [0.15, 0.2) is 16.9 Å². The monoisotopic (exact) mass is 282 g/mol. The van der Waals surface area contributed by atoms with Crippen molar-refractivity contribution < 1.29 is 14.1 Å². The first-order valence-corrected chi connectivity index (χ1v) is 6.71. The minimum atomic E-state index is -0.286. The van der Waals surface area contributed by atoms with Gasteiger partial charge in [0, 0.05) is 26.7 Å². The maximum absolute atomic E-state index is 12.0. The molecule has 0 saturated heterocycles. The van der Waals surface area contributed by atoms with Crippen LogP contribution in [0.25, 0.3) is 0 Å². The van der Waals surface area contributed by atoms with Crippen molar-refractivity contribution in [3.63, 3.8) is 0 Å². The Bertz CT molecular complexity index is 417. The molecule has 1 N–H and O–H groups in total. The fourth-order valence-electron chi connectivity index (χ4n) is 1.71. The summed E-state index contributed by atoms with van der Waals surface area (Å²) in [5.41, 5.74) is 0. The van der Waals surface area contributed by atoms with Gasteiger partial charge in [-0.2, -0.15) is 0 Å². The zero-order valence-electron chi connectivity index (χ0n) is 12.3. The van der Waals surface area contributed by atoms with Crippen molar-refractivity contribution in [2.75, 3.05) is 32.5 Å². The average molecular weight is 282 g/mol. The Morgan fingerprint density at radius 1 is 1.35 bits per heavy atom. The number of urea groups is 1. The van der Waals surface area contributed by atoms with Gasteiger partial charge in [0.25, 0.3) is 0 Å². The molecule has 1 rings (SSSR count). The Morgan fingerprint density at radius 2 is 2.10 bits per heavy atom. The quantitative estimate of drug-likeness (QED) is 0.773. The molecule has 1 aromatic rings. The van der Waals surface area contributed by atoms with Gasteiger partial charge in [0.15, 0.2) is 5.82 Å². The van der Waals surface area contributed by atoms with Gasteiger partial charge in [-0.1, -0.05) is 24.9 Å². The SMILES string of the molecule is CCCCCN(CC(=O)Nc1ccon1)C(=O)N(C)C. The molecular weight excluding hydrogens is 260 g/mol. The van der Waals surface area contributed by atoms with E-state index in [1.54, 1.807) is 20.2 Å². The van der Waals surface area contributed by atoms with E-state index in [4.69, 9.17) is 0 Å². The summed E-state index contributed by atoms with van der Waals surface area (Å²) in [4.78, 5) is 26.9. The highest BCUT2D eigenvalue weighted by Gasteiger charge is 2.18. The van der Waals surface area contributed by atoms with E-state index in [-0.39, 0.29) is 18.5 Å². The number of amides is 3. The molecule has 0 atom stereocenters. The van der Waals surface area contributed by atoms with Crippen LogP contribution in [0.2, 0.25) is 0 Å². The lowest BCUT2D eigenvalue weighted by Gasteiger charge is -2.25. The molecule has 20 heavy (non-hydrogen) atoms. The zero-order chi connectivity index (χ0) is 15.0. The van der Waals surface area contributed by atoms with Gasteiger partial charge in [0.1, 0.15) is 12.8 Å². The first-order valence-electron chi connectivity index (χ1n) is 6.71. The van der Waals surface area contributed by atoms with Crippen molar-refractivity contribution >= 4 is 17.8 Å². The van der Waals surface area contributed by atoms with Crippen molar-refractivity contribution in [2.45, 2.75) is 26.2 Å². The standard InChI is InChI=1S/C13H22N4O3/c1-4-5-6-8-17(13(19)16(2)3)10-12(18)14-11-7-9-20-15-11/h7,9H,4-6,8,10H2,1-3H3,(H,14,15,18). The lowest BCUT2D eigenvalue weighted by molar-refractivity contribution is -0.116. The molecule has 0 fully saturated rings. The van der Waals surface area contributed by atoms with Gasteiger partial charge < -0.3 is 19.6 Å². The van der Waals surface area contributed by atoms with Gasteiger partial charge >= 0.3 is 6.03 Å². The molecule has 7 nitrogen and oxygen atoms in total. The fourth-order valence-corrected chi connectivity index (χ4v) is 1.71. The van der Waals surface area contributed by atoms with Crippen LogP contribution in [-0.4, -0.2) is 54.1 Å². The molecule has 0 bridgehead atoms. The summed E-state index contributed by atoms with van der Waals surface area (Å²) in [6.07, 6.45) is 4.35. The molecular formula is C13H22N4O3. The molecule has 7 heteroatoms. The van der Waals surface area contributed by atoms with E-state index < -0.39 is 0 Å². The molecule has 0 aliphatic rings. The predicted octanol–water partition coefficient (Wildman–Crippen LogP) is 1.79. The molecule has 0 aromatic carbocycles. The highest BCUT2D eigenvalue weighted by molar-refractivity contribution is 5.93. The minimum Gasteiger partial charge on any atom is -0.363 e. The molecule has 1 heterocycles. The largest absolute Gasteiger partial charge is 0.363 e. The first kappa shape index (κ1) is 16.0. The predicted molar refractivity (Wildman–Crippen MR) is 75.3 cm³/mol. The normalized spacial score (nSPS) is 10.2. The second-order valence-electron chi connectivity index (χ2n) is 4.74. The number of nitrogens with one attached hydrogen (secondary N) is 1. The van der Waals surface area contributed by atoms with Gasteiger partial charge in [0.05, 0.1) is 0 Å². The van der Waals surface area contributed by atoms with E-state index in [2.05, 4.69) is 21.9 Å². The van der Waals surface area contributed by atoms with Crippen LogP contribution >= 0.6 is 0 Å². The highest BCUT2D eigenvalue weighted by Crippen LogP contribution is 2.04. The van der Waals surface area contributed by atoms with E-state index in [0.717, 1.165) is 19.3 Å². The number of nitrogens with zero attached hydrogens (tertiary/aromatic N) is 3. The smallest absolute Gasteiger partial charge is 0.319 e. The lowest BCUT2D eigenvalue weighted by Crippen LogP contribution is -2.44. The van der Waals surface area contributed by atoms with Gasteiger partial charge in [0.2, 0.25) is 5.91 Å². The number of hydrogen-bond acceptors (Lipinski definition) is 4. The maximum atomic E-state index is 12.0. The van der Waals surface area contributed by atoms with E-state index >= 15 is 0 Å². The molecule has 0 aliphatic carbocycles. The Hall–Kier alpha value is -2.05. The molecule has 0 radical (unpaired) electrons. The van der Waals surface area contributed by atoms with E-state index in [1.807, 2.05) is 0 Å². The number of hydrogen-bond donors (Lipinski definition) is 1. The Balaban J connectivity index is 2.53. The summed E-state index contributed by atoms with van der Waals surface area (Å²) < 4.78 is 4.63. The second kappa shape index (κ2) is 8.19. The number of anilines is 1. The van der Waals surface area contributed by atoms with Crippen molar-refractivity contribution in [2.24, 2.45) is 0 Å². The molecule has 0 spiro atoms. The zero-order valence-corrected chi connectivity index (χ0v) is 12.3. The van der Waals surface area contributed by atoms with E-state index in [0.29, 0.717) is 12.4 Å². The van der Waals surface area contributed by atoms with Crippen LogP contribution in [0.3, 0.4) is 0 Å². The van der Waals surface area contributed by atoms with E-state index in [1.165, 1.54) is 16.1 Å². The summed E-state index contributed by atoms with van der Waals surface area (Å²) in [6.45, 7) is 2.67. The van der Waals surface area contributed by atoms with Crippen LogP contribution in [0.4, 0.5) is 10.6 Å². The van der Waals surface area contributed by atoms with E-state index in [9.17, 15) is 9.59 Å². The lowest BCUT2D eigenvalue weighted by atomic mass is 10.2. The third-order valence-electron chi connectivity index (χ3n) is 2.72. The van der Waals surface area contributed by atoms with Crippen LogP contribution in [0, 0.1) is 0 Å². The Morgan fingerprint density at radius 3 is 2.65 bits per heavy atom. The third-order valence-corrected chi connectivity index (χ3v) is 2.72. The summed E-state index contributed by atoms with van der Waals surface area (Å²) in [7, 11) is 3.34. The fraction of sp³-hybridized carbons (Fsp3) is 0.615. The van der Waals surface area contributed by atoms with Crippen molar-refractivity contribution in [1.82, 2.24) is 15.0 Å². The third kappa shape index (κ3) is 5.29. The first-order chi connectivity index (χ1) is 9.54. The van der Waals surface area contributed by atoms with Crippen LogP contribution in [-0.2, 0) is 4.79 Å². The Kier molecular flexibility index (Phi) is 6.55. The van der Waals surface area contributed by atoms with Gasteiger partial charge in [-0.05, 0) is 6.42 Å². The van der Waals surface area contributed by atoms with Crippen molar-refractivity contribution in [3.05, 3.63) is 12.3 Å². The highest BCUT2D eigenvalue weighted by atomic mass is 16.5. The summed E-state index contributed by atoms with van der Waals surface area (Å²) in [5, 5.41) is 6.18. The summed E-state index contributed by atoms with van der Waals surface area (Å²) in [5.74, 6) is 0.0615. The Labute approximate surface area is 118 Å². The molecule has 3 amide bonds. The summed E-state index contributed by atoms with van der Waals surface area (Å²) in [6, 6.07) is 1.38. The molecule has 0 unspecified atom stereocenters. The molecule has 0 aliphatic heterocycles. The van der Waals surface area contributed by atoms with Gasteiger partial charge in [-0.25, -0.2) is 4.79 Å². The number of carbonyl (C=O) groups is 2. The molecule has 0 saturated carbocycles. The number of aromatic nitrogens is 1. The molecule has 1 aromatic heterocycles. The summed E-state index contributed by atoms with van der Waals surface area (Å²) >= 11 is 0. The molecule has 112 valence electrons. The maximum Gasteiger partial charge on any atom is 0.319 e. The van der Waals surface area contributed by atoms with Crippen molar-refractivity contribution in [1.29, 1.82) is 0 Å². The second-order valence-corrected chi connectivity index (χ2v) is 4.74. The average Bonchev–Trinajstić information content (AvgIpc) is 2.89. The number of carbonyl (C=O) groups excluding carboxylic acids is 2. The van der Waals surface area contributed by atoms with Gasteiger partial charge in [-0.15, -0.1) is 0 Å². The number of unbranched alkanes of at least 4 members (excludes halogenated alkanes) is 2. The topological polar surface area (TPSA) is 78.7 Å². The van der Waals surface area contributed by atoms with Crippen LogP contribution < -0.4 is 5.32 Å².